The minimum absolute atomic E-state index is 0. The van der Waals surface area contributed by atoms with Gasteiger partial charge in [-0.1, -0.05) is 90.9 Å². The Bertz CT molecular complexity index is 342. The summed E-state index contributed by atoms with van der Waals surface area (Å²) in [6, 6.07) is 0. The smallest absolute Gasteiger partial charge is 1.00 e. The van der Waals surface area contributed by atoms with Crippen LogP contribution < -0.4 is 12.4 Å². The summed E-state index contributed by atoms with van der Waals surface area (Å²) in [6.45, 7) is 13.1. The van der Waals surface area contributed by atoms with Gasteiger partial charge in [-0.15, -0.1) is 0 Å². The van der Waals surface area contributed by atoms with E-state index >= 15 is 0 Å². The van der Waals surface area contributed by atoms with Crippen molar-refractivity contribution >= 4 is 6.45 Å². The van der Waals surface area contributed by atoms with Crippen LogP contribution in [0.4, 0.5) is 0 Å². The van der Waals surface area contributed by atoms with Crippen LogP contribution in [0.3, 0.4) is 0 Å². The first kappa shape index (κ1) is 34.1. The summed E-state index contributed by atoms with van der Waals surface area (Å²) in [5.74, 6) is 0. The molecule has 0 atom stereocenters. The van der Waals surface area contributed by atoms with Crippen molar-refractivity contribution in [3.8, 4) is 0 Å². The summed E-state index contributed by atoms with van der Waals surface area (Å²) in [7, 11) is 0. The number of hydrogen-bond donors (Lipinski definition) is 0. The molecule has 0 saturated heterocycles. The van der Waals surface area contributed by atoms with Gasteiger partial charge in [0.15, 0.2) is 0 Å². The molecule has 0 bridgehead atoms. The maximum atomic E-state index is 6.88. The van der Waals surface area contributed by atoms with Crippen LogP contribution in [0.2, 0.25) is 19.6 Å². The molecule has 0 aromatic heterocycles. The van der Waals surface area contributed by atoms with Crippen molar-refractivity contribution in [3.63, 3.8) is 0 Å². The second kappa shape index (κ2) is 26.5. The summed E-state index contributed by atoms with van der Waals surface area (Å²) >= 11 is 0.557. The first-order valence-corrected chi connectivity index (χ1v) is 18.0. The summed E-state index contributed by atoms with van der Waals surface area (Å²) in [5.41, 5.74) is 13.8. The number of rotatable bonds is 14. The minimum atomic E-state index is -0.737. The van der Waals surface area contributed by atoms with Crippen molar-refractivity contribution < 1.29 is 28.0 Å². The van der Waals surface area contributed by atoms with Crippen molar-refractivity contribution in [1.82, 2.24) is 0 Å². The minimum Gasteiger partial charge on any atom is -1.00 e. The molecule has 0 heterocycles. The number of unbranched alkanes of at least 4 members (excludes halogenated alkanes) is 10. The Labute approximate surface area is 198 Å². The molecule has 0 aromatic carbocycles. The number of hydrogen-bond acceptors (Lipinski definition) is 0. The number of halogens is 1. The van der Waals surface area contributed by atoms with Gasteiger partial charge in [-0.3, -0.25) is 0 Å². The Hall–Kier alpha value is 0.491. The summed E-state index contributed by atoms with van der Waals surface area (Å²) in [5, 5.41) is 0. The van der Waals surface area contributed by atoms with Crippen LogP contribution in [0, 0.1) is 0 Å². The van der Waals surface area contributed by atoms with Crippen molar-refractivity contribution in [3.05, 3.63) is 34.0 Å². The SMILES string of the molecule is CCCCCCCC[NH-].CCCCCCCC[NH-].C[Si](C)(C)[V+3][C]1=CC=CC1.[Cl-]. The molecule has 2 nitrogen and oxygen atoms in total. The molecule has 0 saturated carbocycles. The second-order valence-corrected chi connectivity index (χ2v) is 21.4. The molecule has 2 N–H and O–H groups in total. The topological polar surface area (TPSA) is 47.6 Å². The first-order valence-electron chi connectivity index (χ1n) is 11.8. The van der Waals surface area contributed by atoms with E-state index in [0.717, 1.165) is 12.8 Å². The molecule has 0 fully saturated rings. The van der Waals surface area contributed by atoms with E-state index in [1.165, 1.54) is 70.6 Å². The quantitative estimate of drug-likeness (QED) is 0.200. The van der Waals surface area contributed by atoms with E-state index in [2.05, 4.69) is 51.7 Å². The largest absolute Gasteiger partial charge is 1.00 e. The molecule has 0 aliphatic heterocycles. The van der Waals surface area contributed by atoms with Gasteiger partial charge >= 0.3 is 70.6 Å². The Morgan fingerprint density at radius 3 is 1.48 bits per heavy atom. The van der Waals surface area contributed by atoms with Gasteiger partial charge in [0.2, 0.25) is 0 Å². The summed E-state index contributed by atoms with van der Waals surface area (Å²) in [6.07, 6.45) is 22.8. The maximum absolute atomic E-state index is 6.88. The van der Waals surface area contributed by atoms with E-state index in [-0.39, 0.29) is 12.4 Å². The molecule has 0 spiro atoms. The molecule has 0 aromatic rings. The molecule has 0 radical (unpaired) electrons. The fraction of sp³-hybridized carbons (Fsp3) is 0.833. The van der Waals surface area contributed by atoms with Gasteiger partial charge < -0.3 is 23.9 Å². The molecule has 1 aliphatic carbocycles. The van der Waals surface area contributed by atoms with Crippen LogP contribution in [0.15, 0.2) is 22.5 Å². The van der Waals surface area contributed by atoms with Crippen molar-refractivity contribution in [2.75, 3.05) is 13.1 Å². The summed E-state index contributed by atoms with van der Waals surface area (Å²) in [4.78, 5) is 0. The van der Waals surface area contributed by atoms with E-state index in [0.29, 0.717) is 28.7 Å². The fourth-order valence-corrected chi connectivity index (χ4v) is 8.90. The third kappa shape index (κ3) is 33.3. The van der Waals surface area contributed by atoms with E-state index in [4.69, 9.17) is 11.5 Å². The van der Waals surface area contributed by atoms with Gasteiger partial charge in [0.1, 0.15) is 0 Å². The molecular weight excluding hydrogens is 431 g/mol. The van der Waals surface area contributed by atoms with E-state index in [9.17, 15) is 0 Å². The molecule has 1 rings (SSSR count). The maximum Gasteiger partial charge on any atom is -1.00 e. The molecule has 29 heavy (non-hydrogen) atoms. The predicted octanol–water partition coefficient (Wildman–Crippen LogP) is 6.55. The second-order valence-electron chi connectivity index (χ2n) is 8.61. The molecule has 0 amide bonds. The average Bonchev–Trinajstić information content (AvgIpc) is 3.14. The zero-order valence-electron chi connectivity index (χ0n) is 20.2. The Morgan fingerprint density at radius 1 is 0.759 bits per heavy atom. The van der Waals surface area contributed by atoms with Crippen LogP contribution in [0.25, 0.3) is 11.5 Å². The third-order valence-electron chi connectivity index (χ3n) is 4.29. The van der Waals surface area contributed by atoms with Crippen LogP contribution in [-0.4, -0.2) is 19.5 Å². The van der Waals surface area contributed by atoms with E-state index in [1.807, 2.05) is 0 Å². The third-order valence-corrected chi connectivity index (χ3v) is 10.3. The van der Waals surface area contributed by atoms with Gasteiger partial charge in [-0.2, -0.15) is 13.1 Å². The zero-order chi connectivity index (χ0) is 21.5. The van der Waals surface area contributed by atoms with Crippen LogP contribution in [0.1, 0.15) is 97.3 Å². The average molecular weight is 481 g/mol. The van der Waals surface area contributed by atoms with Crippen LogP contribution in [0.5, 0.6) is 0 Å². The fourth-order valence-electron chi connectivity index (χ4n) is 2.76. The molecular formula is C24H50ClN2SiV. The van der Waals surface area contributed by atoms with Crippen molar-refractivity contribution in [2.24, 2.45) is 0 Å². The molecule has 5 heteroatoms. The van der Waals surface area contributed by atoms with Gasteiger partial charge in [-0.05, 0) is 0 Å². The van der Waals surface area contributed by atoms with Gasteiger partial charge in [0, 0.05) is 0 Å². The Balaban J connectivity index is -0.000000345. The standard InChI is InChI=1S/2C8H18N.C5H5.C3H9Si.ClH.V/c2*1-2-3-4-5-6-7-8-9;1-2-4-5-3-1;1-4(2)3;;/h2*9H,2-8H2,1H3;1-3H,4H2;1-3H3;1H;/q2*-1;;;;+3/p-1. The molecule has 1 aliphatic rings. The Morgan fingerprint density at radius 2 is 1.17 bits per heavy atom. The van der Waals surface area contributed by atoms with Crippen molar-refractivity contribution in [1.29, 1.82) is 0 Å². The van der Waals surface area contributed by atoms with Gasteiger partial charge in [0.25, 0.3) is 0 Å². The first-order chi connectivity index (χ1) is 13.4. The van der Waals surface area contributed by atoms with Crippen LogP contribution in [-0.2, 0) is 15.6 Å². The number of allylic oxidation sites excluding steroid dienone is 4. The van der Waals surface area contributed by atoms with E-state index in [1.54, 1.807) is 4.28 Å². The zero-order valence-corrected chi connectivity index (χ0v) is 23.3. The normalized spacial score (nSPS) is 12.0. The van der Waals surface area contributed by atoms with E-state index < -0.39 is 6.45 Å². The van der Waals surface area contributed by atoms with Crippen molar-refractivity contribution in [2.45, 2.75) is 117 Å². The van der Waals surface area contributed by atoms with Crippen LogP contribution >= 0.6 is 0 Å². The molecule has 172 valence electrons. The number of nitrogens with one attached hydrogen (secondary N) is 2. The monoisotopic (exact) mass is 480 g/mol. The summed E-state index contributed by atoms with van der Waals surface area (Å²) < 4.78 is 1.73. The van der Waals surface area contributed by atoms with Gasteiger partial charge in [-0.25, -0.2) is 0 Å². The Kier molecular flexibility index (Phi) is 31.2. The molecule has 0 unspecified atom stereocenters. The van der Waals surface area contributed by atoms with Gasteiger partial charge in [0.05, 0.1) is 0 Å². The predicted molar refractivity (Wildman–Crippen MR) is 130 cm³/mol.